The van der Waals surface area contributed by atoms with Crippen LogP contribution < -0.4 is 10.9 Å². The minimum Gasteiger partial charge on any atom is -0.299 e. The van der Waals surface area contributed by atoms with Gasteiger partial charge in [0.2, 0.25) is 0 Å². The fraction of sp³-hybridized carbons (Fsp3) is 0. The quantitative estimate of drug-likeness (QED) is 0.473. The maximum Gasteiger partial charge on any atom is 0.125 e. The van der Waals surface area contributed by atoms with E-state index in [1.54, 1.807) is 12.1 Å². The summed E-state index contributed by atoms with van der Waals surface area (Å²) >= 11 is 23.1. The Kier molecular flexibility index (Phi) is 4.88. The Bertz CT molecular complexity index is 602. The molecule has 2 aromatic rings. The number of hydrazine groups is 1. The standard InChI is InChI=1S/C13H9Cl3N2S/c14-9-6-10(15)12(16)11(7-9)17-18-13(19)8-4-2-1-3-5-8/h1-7,17H,(H,18,19). The summed E-state index contributed by atoms with van der Waals surface area (Å²) in [6.45, 7) is 0. The van der Waals surface area contributed by atoms with Crippen LogP contribution in [-0.2, 0) is 0 Å². The van der Waals surface area contributed by atoms with Crippen molar-refractivity contribution >= 4 is 57.7 Å². The van der Waals surface area contributed by atoms with E-state index >= 15 is 0 Å². The number of thiocarbonyl (C=S) groups is 1. The molecule has 0 atom stereocenters. The monoisotopic (exact) mass is 330 g/mol. The molecule has 0 radical (unpaired) electrons. The minimum atomic E-state index is 0.379. The molecule has 0 saturated heterocycles. The van der Waals surface area contributed by atoms with Crippen molar-refractivity contribution in [2.24, 2.45) is 0 Å². The Labute approximate surface area is 131 Å². The van der Waals surface area contributed by atoms with E-state index in [0.717, 1.165) is 5.56 Å². The molecular formula is C13H9Cl3N2S. The summed E-state index contributed by atoms with van der Waals surface area (Å²) in [6.07, 6.45) is 0. The second-order valence-corrected chi connectivity index (χ2v) is 5.32. The lowest BCUT2D eigenvalue weighted by Crippen LogP contribution is -2.28. The van der Waals surface area contributed by atoms with Gasteiger partial charge in [-0.25, -0.2) is 0 Å². The molecule has 2 nitrogen and oxygen atoms in total. The number of halogens is 3. The molecule has 98 valence electrons. The van der Waals surface area contributed by atoms with Gasteiger partial charge in [-0.1, -0.05) is 77.4 Å². The zero-order valence-corrected chi connectivity index (χ0v) is 12.7. The molecule has 2 N–H and O–H groups in total. The van der Waals surface area contributed by atoms with Crippen LogP contribution in [0.5, 0.6) is 0 Å². The van der Waals surface area contributed by atoms with Gasteiger partial charge in [0, 0.05) is 10.6 Å². The van der Waals surface area contributed by atoms with E-state index < -0.39 is 0 Å². The van der Waals surface area contributed by atoms with Crippen LogP contribution >= 0.6 is 47.0 Å². The Hall–Kier alpha value is -1.00. The molecule has 0 amide bonds. The Morgan fingerprint density at radius 2 is 1.68 bits per heavy atom. The average Bonchev–Trinajstić information content (AvgIpc) is 2.41. The highest BCUT2D eigenvalue weighted by Crippen LogP contribution is 2.32. The number of hydrogen-bond acceptors (Lipinski definition) is 2. The van der Waals surface area contributed by atoms with Crippen LogP contribution in [-0.4, -0.2) is 4.99 Å². The SMILES string of the molecule is S=C(NNc1cc(Cl)cc(Cl)c1Cl)c1ccccc1. The normalized spacial score (nSPS) is 10.1. The Balaban J connectivity index is 2.09. The highest BCUT2D eigenvalue weighted by molar-refractivity contribution is 7.80. The third-order valence-corrected chi connectivity index (χ3v) is 3.70. The second-order valence-electron chi connectivity index (χ2n) is 3.69. The van der Waals surface area contributed by atoms with Crippen LogP contribution in [0.2, 0.25) is 15.1 Å². The molecule has 0 bridgehead atoms. The molecule has 0 fully saturated rings. The fourth-order valence-corrected chi connectivity index (χ4v) is 2.27. The highest BCUT2D eigenvalue weighted by atomic mass is 35.5. The van der Waals surface area contributed by atoms with Crippen LogP contribution in [0.15, 0.2) is 42.5 Å². The first-order chi connectivity index (χ1) is 9.08. The van der Waals surface area contributed by atoms with Crippen LogP contribution in [0, 0.1) is 0 Å². The summed E-state index contributed by atoms with van der Waals surface area (Å²) < 4.78 is 0. The highest BCUT2D eigenvalue weighted by Gasteiger charge is 2.07. The number of nitrogens with one attached hydrogen (secondary N) is 2. The minimum absolute atomic E-state index is 0.379. The smallest absolute Gasteiger partial charge is 0.125 e. The van der Waals surface area contributed by atoms with Gasteiger partial charge in [0.25, 0.3) is 0 Å². The third kappa shape index (κ3) is 3.74. The summed E-state index contributed by atoms with van der Waals surface area (Å²) in [5, 5.41) is 1.25. The van der Waals surface area contributed by atoms with Gasteiger partial charge < -0.3 is 0 Å². The van der Waals surface area contributed by atoms with E-state index in [1.165, 1.54) is 0 Å². The fourth-order valence-electron chi connectivity index (χ4n) is 1.43. The van der Waals surface area contributed by atoms with Gasteiger partial charge in [0.15, 0.2) is 0 Å². The maximum atomic E-state index is 6.06. The Morgan fingerprint density at radius 1 is 1.00 bits per heavy atom. The largest absolute Gasteiger partial charge is 0.299 e. The van der Waals surface area contributed by atoms with Crippen molar-refractivity contribution in [3.8, 4) is 0 Å². The Morgan fingerprint density at radius 3 is 2.37 bits per heavy atom. The lowest BCUT2D eigenvalue weighted by molar-refractivity contribution is 1.14. The summed E-state index contributed by atoms with van der Waals surface area (Å²) in [6, 6.07) is 12.8. The van der Waals surface area contributed by atoms with E-state index in [9.17, 15) is 0 Å². The van der Waals surface area contributed by atoms with Gasteiger partial charge >= 0.3 is 0 Å². The predicted molar refractivity (Wildman–Crippen MR) is 86.4 cm³/mol. The van der Waals surface area contributed by atoms with Gasteiger partial charge in [-0.3, -0.25) is 10.9 Å². The van der Waals surface area contributed by atoms with E-state index in [4.69, 9.17) is 47.0 Å². The van der Waals surface area contributed by atoms with Gasteiger partial charge in [0.05, 0.1) is 15.7 Å². The van der Waals surface area contributed by atoms with E-state index in [2.05, 4.69) is 10.9 Å². The zero-order chi connectivity index (χ0) is 13.8. The summed E-state index contributed by atoms with van der Waals surface area (Å²) in [5.41, 5.74) is 7.26. The van der Waals surface area contributed by atoms with Crippen LogP contribution in [0.25, 0.3) is 0 Å². The molecule has 0 aromatic heterocycles. The number of anilines is 1. The molecule has 0 aliphatic rings. The molecule has 0 spiro atoms. The van der Waals surface area contributed by atoms with E-state index in [0.29, 0.717) is 25.7 Å². The van der Waals surface area contributed by atoms with Crippen molar-refractivity contribution in [1.82, 2.24) is 5.43 Å². The van der Waals surface area contributed by atoms with Crippen LogP contribution in [0.1, 0.15) is 5.56 Å². The molecule has 2 aromatic carbocycles. The first-order valence-corrected chi connectivity index (χ1v) is 6.88. The van der Waals surface area contributed by atoms with E-state index in [-0.39, 0.29) is 0 Å². The topological polar surface area (TPSA) is 24.1 Å². The molecule has 19 heavy (non-hydrogen) atoms. The maximum absolute atomic E-state index is 6.06. The molecule has 0 unspecified atom stereocenters. The second kappa shape index (κ2) is 6.44. The lowest BCUT2D eigenvalue weighted by atomic mass is 10.2. The predicted octanol–water partition coefficient (Wildman–Crippen LogP) is 4.94. The number of rotatable bonds is 3. The van der Waals surface area contributed by atoms with E-state index in [1.807, 2.05) is 30.3 Å². The lowest BCUT2D eigenvalue weighted by Gasteiger charge is -2.13. The van der Waals surface area contributed by atoms with Crippen molar-refractivity contribution in [3.63, 3.8) is 0 Å². The molecule has 0 aliphatic carbocycles. The first kappa shape index (κ1) is 14.4. The van der Waals surface area contributed by atoms with Crippen molar-refractivity contribution in [1.29, 1.82) is 0 Å². The molecule has 0 aliphatic heterocycles. The van der Waals surface area contributed by atoms with Crippen molar-refractivity contribution in [2.45, 2.75) is 0 Å². The van der Waals surface area contributed by atoms with Gasteiger partial charge in [-0.05, 0) is 12.1 Å². The molecule has 2 rings (SSSR count). The molecular weight excluding hydrogens is 323 g/mol. The molecule has 0 heterocycles. The summed E-state index contributed by atoms with van der Waals surface area (Å²) in [4.78, 5) is 0.549. The van der Waals surface area contributed by atoms with Gasteiger partial charge in [-0.15, -0.1) is 0 Å². The van der Waals surface area contributed by atoms with Crippen molar-refractivity contribution in [2.75, 3.05) is 5.43 Å². The van der Waals surface area contributed by atoms with Gasteiger partial charge in [0.1, 0.15) is 4.99 Å². The summed E-state index contributed by atoms with van der Waals surface area (Å²) in [5.74, 6) is 0. The van der Waals surface area contributed by atoms with Crippen LogP contribution in [0.4, 0.5) is 5.69 Å². The van der Waals surface area contributed by atoms with Gasteiger partial charge in [-0.2, -0.15) is 0 Å². The zero-order valence-electron chi connectivity index (χ0n) is 9.58. The number of benzene rings is 2. The van der Waals surface area contributed by atoms with Crippen molar-refractivity contribution in [3.05, 3.63) is 63.1 Å². The first-order valence-electron chi connectivity index (χ1n) is 5.34. The molecule has 6 heteroatoms. The van der Waals surface area contributed by atoms with Crippen LogP contribution in [0.3, 0.4) is 0 Å². The third-order valence-electron chi connectivity index (χ3n) is 2.34. The summed E-state index contributed by atoms with van der Waals surface area (Å²) in [7, 11) is 0. The average molecular weight is 332 g/mol. The van der Waals surface area contributed by atoms with Crippen molar-refractivity contribution < 1.29 is 0 Å². The number of hydrogen-bond donors (Lipinski definition) is 2. The molecule has 0 saturated carbocycles.